The van der Waals surface area contributed by atoms with Crippen LogP contribution >= 0.6 is 0 Å². The van der Waals surface area contributed by atoms with E-state index < -0.39 is 5.97 Å². The third-order valence-corrected chi connectivity index (χ3v) is 1.91. The van der Waals surface area contributed by atoms with Crippen molar-refractivity contribution >= 4 is 11.7 Å². The molecular formula is C12H15NO3. The molecule has 0 saturated heterocycles. The van der Waals surface area contributed by atoms with Crippen molar-refractivity contribution in [3.63, 3.8) is 0 Å². The van der Waals surface area contributed by atoms with E-state index in [1.807, 2.05) is 6.92 Å². The molecule has 1 rings (SSSR count). The van der Waals surface area contributed by atoms with Crippen molar-refractivity contribution in [1.29, 1.82) is 0 Å². The van der Waals surface area contributed by atoms with Crippen LogP contribution in [0.15, 0.2) is 30.4 Å². The fourth-order valence-corrected chi connectivity index (χ4v) is 1.11. The van der Waals surface area contributed by atoms with Gasteiger partial charge in [-0.1, -0.05) is 6.58 Å². The van der Waals surface area contributed by atoms with Gasteiger partial charge in [0.1, 0.15) is 12.4 Å². The minimum atomic E-state index is -0.417. The quantitative estimate of drug-likeness (QED) is 0.480. The highest BCUT2D eigenvalue weighted by Crippen LogP contribution is 2.23. The molecule has 86 valence electrons. The molecule has 1 aromatic rings. The Bertz CT molecular complexity index is 413. The van der Waals surface area contributed by atoms with E-state index in [0.717, 1.165) is 5.57 Å². The molecule has 0 radical (unpaired) electrons. The summed E-state index contributed by atoms with van der Waals surface area (Å²) in [6, 6.07) is 4.76. The number of anilines is 1. The van der Waals surface area contributed by atoms with Gasteiger partial charge in [-0.15, -0.1) is 0 Å². The predicted octanol–water partition coefficient (Wildman–Crippen LogP) is 2.01. The average molecular weight is 221 g/mol. The number of nitrogen functional groups attached to an aromatic ring is 1. The van der Waals surface area contributed by atoms with Gasteiger partial charge in [0.05, 0.1) is 18.4 Å². The Morgan fingerprint density at radius 1 is 1.50 bits per heavy atom. The Morgan fingerprint density at radius 2 is 2.19 bits per heavy atom. The molecule has 0 bridgehead atoms. The minimum absolute atomic E-state index is 0.370. The summed E-state index contributed by atoms with van der Waals surface area (Å²) in [7, 11) is 1.33. The zero-order valence-corrected chi connectivity index (χ0v) is 9.45. The number of carbonyl (C=O) groups excluding carboxylic acids is 1. The number of hydrogen-bond acceptors (Lipinski definition) is 4. The molecule has 4 heteroatoms. The molecule has 2 N–H and O–H groups in total. The molecule has 0 aliphatic carbocycles. The molecule has 0 aliphatic rings. The van der Waals surface area contributed by atoms with Crippen molar-refractivity contribution in [1.82, 2.24) is 0 Å². The normalized spacial score (nSPS) is 9.62. The van der Waals surface area contributed by atoms with Crippen LogP contribution in [0.3, 0.4) is 0 Å². The van der Waals surface area contributed by atoms with E-state index >= 15 is 0 Å². The Balaban J connectivity index is 2.90. The molecule has 0 unspecified atom stereocenters. The Hall–Kier alpha value is -1.97. The third-order valence-electron chi connectivity index (χ3n) is 1.91. The number of benzene rings is 1. The first kappa shape index (κ1) is 12.1. The zero-order chi connectivity index (χ0) is 12.1. The van der Waals surface area contributed by atoms with Crippen molar-refractivity contribution in [3.05, 3.63) is 35.9 Å². The molecule has 0 atom stereocenters. The lowest BCUT2D eigenvalue weighted by Gasteiger charge is -2.09. The van der Waals surface area contributed by atoms with E-state index in [1.54, 1.807) is 18.2 Å². The van der Waals surface area contributed by atoms with Crippen molar-refractivity contribution in [3.8, 4) is 5.75 Å². The molecule has 0 amide bonds. The van der Waals surface area contributed by atoms with Gasteiger partial charge in [0.15, 0.2) is 0 Å². The topological polar surface area (TPSA) is 61.5 Å². The highest BCUT2D eigenvalue weighted by atomic mass is 16.5. The maximum Gasteiger partial charge on any atom is 0.337 e. The maximum absolute atomic E-state index is 11.3. The summed E-state index contributed by atoms with van der Waals surface area (Å²) < 4.78 is 10.0. The second-order valence-corrected chi connectivity index (χ2v) is 3.49. The molecule has 0 heterocycles. The van der Waals surface area contributed by atoms with Gasteiger partial charge in [0, 0.05) is 0 Å². The molecule has 4 nitrogen and oxygen atoms in total. The Labute approximate surface area is 94.7 Å². The highest BCUT2D eigenvalue weighted by Gasteiger charge is 2.09. The van der Waals surface area contributed by atoms with Gasteiger partial charge in [-0.2, -0.15) is 0 Å². The number of carbonyl (C=O) groups is 1. The molecular weight excluding hydrogens is 206 g/mol. The van der Waals surface area contributed by atoms with Crippen LogP contribution in [0.1, 0.15) is 17.3 Å². The summed E-state index contributed by atoms with van der Waals surface area (Å²) in [6.07, 6.45) is 0. The van der Waals surface area contributed by atoms with Crippen molar-refractivity contribution < 1.29 is 14.3 Å². The van der Waals surface area contributed by atoms with E-state index in [9.17, 15) is 4.79 Å². The molecule has 0 aliphatic heterocycles. The molecule has 0 saturated carbocycles. The van der Waals surface area contributed by atoms with Crippen LogP contribution in [0.4, 0.5) is 5.69 Å². The van der Waals surface area contributed by atoms with E-state index in [0.29, 0.717) is 23.6 Å². The van der Waals surface area contributed by atoms with Gasteiger partial charge in [-0.3, -0.25) is 0 Å². The van der Waals surface area contributed by atoms with Crippen LogP contribution in [-0.2, 0) is 4.74 Å². The van der Waals surface area contributed by atoms with E-state index in [-0.39, 0.29) is 0 Å². The van der Waals surface area contributed by atoms with Gasteiger partial charge in [0.2, 0.25) is 0 Å². The first-order valence-corrected chi connectivity index (χ1v) is 4.79. The lowest BCUT2D eigenvalue weighted by molar-refractivity contribution is 0.0600. The first-order chi connectivity index (χ1) is 7.54. The fourth-order valence-electron chi connectivity index (χ4n) is 1.11. The smallest absolute Gasteiger partial charge is 0.337 e. The average Bonchev–Trinajstić information content (AvgIpc) is 2.26. The van der Waals surface area contributed by atoms with Gasteiger partial charge in [-0.05, 0) is 30.7 Å². The van der Waals surface area contributed by atoms with Crippen LogP contribution in [0.2, 0.25) is 0 Å². The molecule has 16 heavy (non-hydrogen) atoms. The standard InChI is InChI=1S/C12H15NO3/c1-8(2)7-16-11-6-9(12(14)15-3)4-5-10(11)13/h4-6H,1,7,13H2,2-3H3. The van der Waals surface area contributed by atoms with E-state index in [1.165, 1.54) is 7.11 Å². The zero-order valence-electron chi connectivity index (χ0n) is 9.45. The van der Waals surface area contributed by atoms with E-state index in [4.69, 9.17) is 10.5 Å². The second kappa shape index (κ2) is 5.21. The summed E-state index contributed by atoms with van der Waals surface area (Å²) in [5.74, 6) is 0.0473. The van der Waals surface area contributed by atoms with Gasteiger partial charge < -0.3 is 15.2 Å². The third kappa shape index (κ3) is 3.02. The summed E-state index contributed by atoms with van der Waals surface area (Å²) in [5, 5.41) is 0. The summed E-state index contributed by atoms with van der Waals surface area (Å²) >= 11 is 0. The Kier molecular flexibility index (Phi) is 3.94. The molecule has 0 spiro atoms. The molecule has 0 aromatic heterocycles. The second-order valence-electron chi connectivity index (χ2n) is 3.49. The SMILES string of the molecule is C=C(C)COc1cc(C(=O)OC)ccc1N. The van der Waals surface area contributed by atoms with Crippen LogP contribution in [0.25, 0.3) is 0 Å². The number of ether oxygens (including phenoxy) is 2. The van der Waals surface area contributed by atoms with Crippen LogP contribution in [0, 0.1) is 0 Å². The van der Waals surface area contributed by atoms with Crippen molar-refractivity contribution in [2.45, 2.75) is 6.92 Å². The summed E-state index contributed by atoms with van der Waals surface area (Å²) in [5.41, 5.74) is 7.48. The first-order valence-electron chi connectivity index (χ1n) is 4.79. The lowest BCUT2D eigenvalue weighted by atomic mass is 10.2. The Morgan fingerprint density at radius 3 is 2.75 bits per heavy atom. The lowest BCUT2D eigenvalue weighted by Crippen LogP contribution is -2.05. The molecule has 1 aromatic carbocycles. The largest absolute Gasteiger partial charge is 0.487 e. The number of rotatable bonds is 4. The number of esters is 1. The van der Waals surface area contributed by atoms with Crippen molar-refractivity contribution in [2.75, 3.05) is 19.5 Å². The van der Waals surface area contributed by atoms with Gasteiger partial charge >= 0.3 is 5.97 Å². The van der Waals surface area contributed by atoms with Crippen LogP contribution in [0.5, 0.6) is 5.75 Å². The van der Waals surface area contributed by atoms with Crippen LogP contribution < -0.4 is 10.5 Å². The maximum atomic E-state index is 11.3. The number of hydrogen-bond donors (Lipinski definition) is 1. The van der Waals surface area contributed by atoms with E-state index in [2.05, 4.69) is 11.3 Å². The summed E-state index contributed by atoms with van der Waals surface area (Å²) in [6.45, 7) is 5.93. The highest BCUT2D eigenvalue weighted by molar-refractivity contribution is 5.90. The van der Waals surface area contributed by atoms with Gasteiger partial charge in [0.25, 0.3) is 0 Å². The van der Waals surface area contributed by atoms with Crippen molar-refractivity contribution in [2.24, 2.45) is 0 Å². The fraction of sp³-hybridized carbons (Fsp3) is 0.250. The minimum Gasteiger partial charge on any atom is -0.487 e. The monoisotopic (exact) mass is 221 g/mol. The summed E-state index contributed by atoms with van der Waals surface area (Å²) in [4.78, 5) is 11.3. The molecule has 0 fully saturated rings. The predicted molar refractivity (Wildman–Crippen MR) is 62.5 cm³/mol. The van der Waals surface area contributed by atoms with Gasteiger partial charge in [-0.25, -0.2) is 4.79 Å². The number of methoxy groups -OCH3 is 1. The number of nitrogens with two attached hydrogens (primary N) is 1. The van der Waals surface area contributed by atoms with Crippen LogP contribution in [-0.4, -0.2) is 19.7 Å².